The van der Waals surface area contributed by atoms with Gasteiger partial charge in [0.05, 0.1) is 21.9 Å². The third-order valence-corrected chi connectivity index (χ3v) is 5.35. The molecule has 0 unspecified atom stereocenters. The molecule has 1 aliphatic heterocycles. The van der Waals surface area contributed by atoms with Gasteiger partial charge in [-0.1, -0.05) is 23.2 Å². The minimum absolute atomic E-state index is 0.0477. The number of hydrogen-bond acceptors (Lipinski definition) is 4. The maximum absolute atomic E-state index is 14.6. The smallest absolute Gasteiger partial charge is 0.254 e. The van der Waals surface area contributed by atoms with Gasteiger partial charge in [-0.2, -0.15) is 5.10 Å². The zero-order valence-corrected chi connectivity index (χ0v) is 17.9. The number of hydrogen-bond donors (Lipinski definition) is 2. The summed E-state index contributed by atoms with van der Waals surface area (Å²) >= 11 is 16.4. The molecular formula is C19H17Cl2F2N5OS. The predicted molar refractivity (Wildman–Crippen MR) is 118 cm³/mol. The summed E-state index contributed by atoms with van der Waals surface area (Å²) in [6.07, 6.45) is 1.09. The van der Waals surface area contributed by atoms with Crippen molar-refractivity contribution in [1.29, 1.82) is 0 Å². The summed E-state index contributed by atoms with van der Waals surface area (Å²) in [5.74, 6) is -1.44. The fourth-order valence-electron chi connectivity index (χ4n) is 3.02. The van der Waals surface area contributed by atoms with Crippen LogP contribution in [0.4, 0.5) is 14.5 Å². The fourth-order valence-corrected chi connectivity index (χ4v) is 3.37. The van der Waals surface area contributed by atoms with E-state index >= 15 is 0 Å². The second-order valence-corrected chi connectivity index (χ2v) is 7.72. The van der Waals surface area contributed by atoms with Crippen LogP contribution in [0.2, 0.25) is 10.0 Å². The van der Waals surface area contributed by atoms with Crippen LogP contribution < -0.4 is 16.1 Å². The summed E-state index contributed by atoms with van der Waals surface area (Å²) in [5.41, 5.74) is 7.99. The molecule has 0 spiro atoms. The van der Waals surface area contributed by atoms with Crippen molar-refractivity contribution in [1.82, 2.24) is 10.3 Å². The summed E-state index contributed by atoms with van der Waals surface area (Å²) < 4.78 is 28.9. The lowest BCUT2D eigenvalue weighted by Gasteiger charge is -2.36. The van der Waals surface area contributed by atoms with Crippen LogP contribution in [0.15, 0.2) is 35.4 Å². The van der Waals surface area contributed by atoms with Crippen LogP contribution in [0.3, 0.4) is 0 Å². The van der Waals surface area contributed by atoms with Gasteiger partial charge in [0.2, 0.25) is 0 Å². The molecule has 0 saturated carbocycles. The van der Waals surface area contributed by atoms with Crippen molar-refractivity contribution in [2.45, 2.75) is 0 Å². The summed E-state index contributed by atoms with van der Waals surface area (Å²) in [6.45, 7) is 1.39. The van der Waals surface area contributed by atoms with Crippen LogP contribution in [0, 0.1) is 11.6 Å². The minimum Gasteiger partial charge on any atom is -0.375 e. The number of carbonyl (C=O) groups is 1. The zero-order chi connectivity index (χ0) is 21.8. The monoisotopic (exact) mass is 471 g/mol. The summed E-state index contributed by atoms with van der Waals surface area (Å²) in [6, 6.07) is 6.83. The van der Waals surface area contributed by atoms with E-state index in [0.29, 0.717) is 41.8 Å². The maximum atomic E-state index is 14.6. The van der Waals surface area contributed by atoms with E-state index in [0.717, 1.165) is 18.3 Å². The highest BCUT2D eigenvalue weighted by Gasteiger charge is 2.25. The molecule has 0 aromatic heterocycles. The van der Waals surface area contributed by atoms with Crippen molar-refractivity contribution in [3.63, 3.8) is 0 Å². The van der Waals surface area contributed by atoms with E-state index in [-0.39, 0.29) is 22.3 Å². The molecule has 0 radical (unpaired) electrons. The second-order valence-electron chi connectivity index (χ2n) is 6.47. The Morgan fingerprint density at radius 3 is 2.43 bits per heavy atom. The third-order valence-electron chi connectivity index (χ3n) is 4.52. The Kier molecular flexibility index (Phi) is 7.06. The lowest BCUT2D eigenvalue weighted by Crippen LogP contribution is -2.49. The van der Waals surface area contributed by atoms with Crippen LogP contribution in [0.1, 0.15) is 15.9 Å². The van der Waals surface area contributed by atoms with Crippen LogP contribution >= 0.6 is 35.4 Å². The van der Waals surface area contributed by atoms with Crippen LogP contribution in [-0.4, -0.2) is 48.3 Å². The zero-order valence-electron chi connectivity index (χ0n) is 15.5. The summed E-state index contributed by atoms with van der Waals surface area (Å²) in [5, 5.41) is 4.21. The molecule has 158 valence electrons. The highest BCUT2D eigenvalue weighted by Crippen LogP contribution is 2.26. The van der Waals surface area contributed by atoms with Crippen molar-refractivity contribution >= 4 is 58.3 Å². The third kappa shape index (κ3) is 5.16. The molecule has 1 amide bonds. The largest absolute Gasteiger partial charge is 0.375 e. The van der Waals surface area contributed by atoms with Gasteiger partial charge in [0.1, 0.15) is 11.6 Å². The molecule has 0 atom stereocenters. The average molecular weight is 472 g/mol. The maximum Gasteiger partial charge on any atom is 0.254 e. The Labute approximate surface area is 187 Å². The summed E-state index contributed by atoms with van der Waals surface area (Å²) in [4.78, 5) is 16.0. The normalized spacial score (nSPS) is 14.3. The number of carbonyl (C=O) groups excluding carboxylic acids is 1. The molecule has 30 heavy (non-hydrogen) atoms. The van der Waals surface area contributed by atoms with Crippen molar-refractivity contribution in [3.05, 3.63) is 63.1 Å². The van der Waals surface area contributed by atoms with Gasteiger partial charge in [-0.05, 0) is 36.5 Å². The minimum atomic E-state index is -0.644. The van der Waals surface area contributed by atoms with Gasteiger partial charge in [-0.25, -0.2) is 8.78 Å². The first-order chi connectivity index (χ1) is 14.3. The van der Waals surface area contributed by atoms with Crippen molar-refractivity contribution < 1.29 is 13.6 Å². The molecule has 6 nitrogen and oxygen atoms in total. The predicted octanol–water partition coefficient (Wildman–Crippen LogP) is 3.40. The molecule has 2 aromatic rings. The Morgan fingerprint density at radius 1 is 1.10 bits per heavy atom. The number of halogens is 4. The molecule has 2 aromatic carbocycles. The Hall–Kier alpha value is -2.49. The van der Waals surface area contributed by atoms with Gasteiger partial charge in [0, 0.05) is 43.4 Å². The quantitative estimate of drug-likeness (QED) is 0.406. The molecule has 3 N–H and O–H groups in total. The van der Waals surface area contributed by atoms with Gasteiger partial charge in [-0.15, -0.1) is 0 Å². The first-order valence-electron chi connectivity index (χ1n) is 8.83. The molecule has 0 bridgehead atoms. The number of piperazine rings is 1. The first-order valence-corrected chi connectivity index (χ1v) is 9.99. The number of benzene rings is 2. The topological polar surface area (TPSA) is 74.0 Å². The van der Waals surface area contributed by atoms with Crippen molar-refractivity contribution in [3.8, 4) is 0 Å². The van der Waals surface area contributed by atoms with Gasteiger partial charge >= 0.3 is 0 Å². The molecule has 0 aliphatic carbocycles. The van der Waals surface area contributed by atoms with E-state index in [1.54, 1.807) is 21.9 Å². The number of nitrogens with one attached hydrogen (secondary N) is 1. The molecule has 3 rings (SSSR count). The number of rotatable bonds is 4. The van der Waals surface area contributed by atoms with E-state index in [1.165, 1.54) is 6.07 Å². The fraction of sp³-hybridized carbons (Fsp3) is 0.211. The Morgan fingerprint density at radius 2 is 1.80 bits per heavy atom. The molecule has 1 aliphatic rings. The van der Waals surface area contributed by atoms with E-state index in [9.17, 15) is 13.6 Å². The van der Waals surface area contributed by atoms with Gasteiger partial charge in [0.15, 0.2) is 5.11 Å². The number of nitrogens with zero attached hydrogens (tertiary/aromatic N) is 3. The number of nitrogens with two attached hydrogens (primary N) is 1. The number of amides is 1. The van der Waals surface area contributed by atoms with Gasteiger partial charge in [0.25, 0.3) is 5.91 Å². The van der Waals surface area contributed by atoms with Crippen molar-refractivity contribution in [2.75, 3.05) is 31.1 Å². The molecule has 1 heterocycles. The number of anilines is 1. The first kappa shape index (κ1) is 22.2. The van der Waals surface area contributed by atoms with E-state index in [2.05, 4.69) is 22.7 Å². The van der Waals surface area contributed by atoms with Gasteiger partial charge in [-0.3, -0.25) is 10.2 Å². The molecule has 1 fully saturated rings. The van der Waals surface area contributed by atoms with E-state index in [4.69, 9.17) is 28.9 Å². The highest BCUT2D eigenvalue weighted by molar-refractivity contribution is 7.80. The Balaban J connectivity index is 1.67. The average Bonchev–Trinajstić information content (AvgIpc) is 2.71. The molecule has 11 heteroatoms. The Bertz CT molecular complexity index is 1010. The van der Waals surface area contributed by atoms with Crippen LogP contribution in [0.5, 0.6) is 0 Å². The summed E-state index contributed by atoms with van der Waals surface area (Å²) in [7, 11) is 0. The van der Waals surface area contributed by atoms with Crippen LogP contribution in [-0.2, 0) is 0 Å². The standard InChI is InChI=1S/C19H17Cl2F2N5OS/c20-13-2-1-11(7-14(13)21)18(29)28-5-3-27(4-6-28)17-9-15(22)12(8-16(17)23)10-25-26-19(24)30/h1-2,7-10H,3-6H2,(H3,24,26,30). The highest BCUT2D eigenvalue weighted by atomic mass is 35.5. The number of hydrazone groups is 1. The SMILES string of the molecule is NC(=S)NN=Cc1cc(F)c(N2CCN(C(=O)c3ccc(Cl)c(Cl)c3)CC2)cc1F. The number of thiocarbonyl (C=S) groups is 1. The second kappa shape index (κ2) is 9.55. The lowest BCUT2D eigenvalue weighted by molar-refractivity contribution is 0.0746. The van der Waals surface area contributed by atoms with Crippen molar-refractivity contribution in [2.24, 2.45) is 10.8 Å². The van der Waals surface area contributed by atoms with Crippen LogP contribution in [0.25, 0.3) is 0 Å². The molecule has 1 saturated heterocycles. The van der Waals surface area contributed by atoms with Gasteiger partial charge < -0.3 is 15.5 Å². The van der Waals surface area contributed by atoms with E-state index < -0.39 is 11.6 Å². The van der Waals surface area contributed by atoms with E-state index in [1.807, 2.05) is 0 Å². The molecular weight excluding hydrogens is 455 g/mol. The lowest BCUT2D eigenvalue weighted by atomic mass is 10.1.